The van der Waals surface area contributed by atoms with Crippen LogP contribution in [0.25, 0.3) is 0 Å². The van der Waals surface area contributed by atoms with E-state index in [1.807, 2.05) is 0 Å². The van der Waals surface area contributed by atoms with Crippen LogP contribution >= 0.6 is 0 Å². The summed E-state index contributed by atoms with van der Waals surface area (Å²) in [5, 5.41) is 0. The molecule has 0 aliphatic rings. The molecule has 1 aromatic rings. The number of hydroxylamine groups is 1. The molecule has 0 fully saturated rings. The van der Waals surface area contributed by atoms with Crippen molar-refractivity contribution in [3.05, 3.63) is 35.4 Å². The van der Waals surface area contributed by atoms with Gasteiger partial charge in [0.2, 0.25) is 0 Å². The van der Waals surface area contributed by atoms with E-state index in [4.69, 9.17) is 9.57 Å². The molecule has 0 spiro atoms. The van der Waals surface area contributed by atoms with E-state index in [0.29, 0.717) is 13.2 Å². The summed E-state index contributed by atoms with van der Waals surface area (Å²) in [5.74, 6) is -1.71. The van der Waals surface area contributed by atoms with Crippen molar-refractivity contribution in [1.82, 2.24) is 5.48 Å². The Hall–Kier alpha value is -1.04. The lowest BCUT2D eigenvalue weighted by atomic mass is 10.1. The Balaban J connectivity index is 2.52. The van der Waals surface area contributed by atoms with Crippen molar-refractivity contribution in [2.24, 2.45) is 0 Å². The van der Waals surface area contributed by atoms with Crippen molar-refractivity contribution >= 4 is 0 Å². The Labute approximate surface area is 93.3 Å². The maximum Gasteiger partial charge on any atom is 0.163 e. The average molecular weight is 231 g/mol. The highest BCUT2D eigenvalue weighted by molar-refractivity contribution is 5.21. The highest BCUT2D eigenvalue weighted by Gasteiger charge is 2.13. The van der Waals surface area contributed by atoms with Crippen molar-refractivity contribution in [1.29, 1.82) is 0 Å². The maximum absolute atomic E-state index is 13.3. The van der Waals surface area contributed by atoms with E-state index in [9.17, 15) is 8.78 Å². The van der Waals surface area contributed by atoms with Gasteiger partial charge in [0.25, 0.3) is 0 Å². The van der Waals surface area contributed by atoms with Crippen LogP contribution in [0.4, 0.5) is 8.78 Å². The molecule has 0 saturated heterocycles. The molecule has 1 N–H and O–H groups in total. The van der Waals surface area contributed by atoms with Crippen LogP contribution in [0.5, 0.6) is 0 Å². The molecule has 3 nitrogen and oxygen atoms in total. The summed E-state index contributed by atoms with van der Waals surface area (Å²) in [4.78, 5) is 5.02. The fraction of sp³-hybridized carbons (Fsp3) is 0.455. The summed E-state index contributed by atoms with van der Waals surface area (Å²) >= 11 is 0. The van der Waals surface area contributed by atoms with E-state index in [-0.39, 0.29) is 5.56 Å². The maximum atomic E-state index is 13.3. The van der Waals surface area contributed by atoms with E-state index in [1.54, 1.807) is 14.0 Å². The lowest BCUT2D eigenvalue weighted by Gasteiger charge is -2.14. The summed E-state index contributed by atoms with van der Waals surface area (Å²) in [5.41, 5.74) is 2.85. The summed E-state index contributed by atoms with van der Waals surface area (Å²) in [6, 6.07) is 3.63. The second-order valence-corrected chi connectivity index (χ2v) is 3.32. The zero-order valence-electron chi connectivity index (χ0n) is 9.30. The molecule has 0 aliphatic heterocycles. The van der Waals surface area contributed by atoms with Crippen molar-refractivity contribution < 1.29 is 18.4 Å². The molecule has 0 amide bonds. The molecule has 5 heteroatoms. The molecule has 0 bridgehead atoms. The van der Waals surface area contributed by atoms with E-state index in [0.717, 1.165) is 6.07 Å². The highest BCUT2D eigenvalue weighted by Crippen LogP contribution is 2.18. The minimum Gasteiger partial charge on any atom is -0.382 e. The molecular weight excluding hydrogens is 216 g/mol. The van der Waals surface area contributed by atoms with Gasteiger partial charge < -0.3 is 4.74 Å². The van der Waals surface area contributed by atoms with E-state index in [1.165, 1.54) is 12.1 Å². The first-order valence-corrected chi connectivity index (χ1v) is 4.97. The van der Waals surface area contributed by atoms with Crippen molar-refractivity contribution in [3.63, 3.8) is 0 Å². The van der Waals surface area contributed by atoms with Gasteiger partial charge in [0.1, 0.15) is 0 Å². The van der Waals surface area contributed by atoms with Gasteiger partial charge in [0.15, 0.2) is 11.6 Å². The first-order valence-electron chi connectivity index (χ1n) is 4.97. The van der Waals surface area contributed by atoms with E-state index in [2.05, 4.69) is 5.48 Å². The van der Waals surface area contributed by atoms with Crippen LogP contribution in [0.3, 0.4) is 0 Å². The van der Waals surface area contributed by atoms with Gasteiger partial charge in [-0.2, -0.15) is 5.48 Å². The Morgan fingerprint density at radius 2 is 2.06 bits per heavy atom. The van der Waals surface area contributed by atoms with Crippen LogP contribution < -0.4 is 5.48 Å². The largest absolute Gasteiger partial charge is 0.382 e. The van der Waals surface area contributed by atoms with Crippen molar-refractivity contribution in [2.75, 3.05) is 20.3 Å². The molecular formula is C11H15F2NO2. The van der Waals surface area contributed by atoms with Gasteiger partial charge in [-0.15, -0.1) is 0 Å². The number of ether oxygens (including phenoxy) is 1. The zero-order valence-corrected chi connectivity index (χ0v) is 9.30. The Bertz CT molecular complexity index is 334. The second-order valence-electron chi connectivity index (χ2n) is 3.32. The van der Waals surface area contributed by atoms with Gasteiger partial charge in [0, 0.05) is 12.7 Å². The third kappa shape index (κ3) is 3.52. The molecule has 0 radical (unpaired) electrons. The summed E-state index contributed by atoms with van der Waals surface area (Å²) in [6.45, 7) is 2.47. The summed E-state index contributed by atoms with van der Waals surface area (Å²) in [7, 11) is 1.55. The third-order valence-electron chi connectivity index (χ3n) is 2.10. The van der Waals surface area contributed by atoms with Crippen LogP contribution in [-0.4, -0.2) is 20.3 Å². The number of benzene rings is 1. The van der Waals surface area contributed by atoms with Crippen molar-refractivity contribution in [3.8, 4) is 0 Å². The van der Waals surface area contributed by atoms with Gasteiger partial charge >= 0.3 is 0 Å². The van der Waals surface area contributed by atoms with Crippen LogP contribution in [-0.2, 0) is 9.57 Å². The van der Waals surface area contributed by atoms with Gasteiger partial charge in [-0.3, -0.25) is 4.84 Å². The van der Waals surface area contributed by atoms with Crippen LogP contribution in [0, 0.1) is 11.6 Å². The molecule has 1 atom stereocenters. The average Bonchev–Trinajstić information content (AvgIpc) is 2.28. The van der Waals surface area contributed by atoms with E-state index >= 15 is 0 Å². The highest BCUT2D eigenvalue weighted by atomic mass is 19.2. The molecule has 1 unspecified atom stereocenters. The molecule has 1 rings (SSSR count). The SMILES string of the molecule is COCCONC(C)c1cccc(F)c1F. The summed E-state index contributed by atoms with van der Waals surface area (Å²) < 4.78 is 31.0. The van der Waals surface area contributed by atoms with Gasteiger partial charge in [-0.1, -0.05) is 12.1 Å². The fourth-order valence-corrected chi connectivity index (χ4v) is 1.23. The molecule has 1 aromatic carbocycles. The Morgan fingerprint density at radius 1 is 1.31 bits per heavy atom. The lowest BCUT2D eigenvalue weighted by molar-refractivity contribution is -0.00985. The monoisotopic (exact) mass is 231 g/mol. The third-order valence-corrected chi connectivity index (χ3v) is 2.10. The second kappa shape index (κ2) is 6.52. The first kappa shape index (κ1) is 13.0. The lowest BCUT2D eigenvalue weighted by Crippen LogP contribution is -2.22. The predicted molar refractivity (Wildman–Crippen MR) is 55.7 cm³/mol. The Morgan fingerprint density at radius 3 is 2.75 bits per heavy atom. The normalized spacial score (nSPS) is 12.8. The number of rotatable bonds is 6. The van der Waals surface area contributed by atoms with Crippen molar-refractivity contribution in [2.45, 2.75) is 13.0 Å². The number of hydrogen-bond donors (Lipinski definition) is 1. The van der Waals surface area contributed by atoms with Crippen LogP contribution in [0.1, 0.15) is 18.5 Å². The van der Waals surface area contributed by atoms with Crippen LogP contribution in [0.2, 0.25) is 0 Å². The van der Waals surface area contributed by atoms with Gasteiger partial charge in [-0.25, -0.2) is 8.78 Å². The van der Waals surface area contributed by atoms with Gasteiger partial charge in [-0.05, 0) is 13.0 Å². The number of methoxy groups -OCH3 is 1. The molecule has 0 aliphatic carbocycles. The Kier molecular flexibility index (Phi) is 5.31. The number of nitrogens with one attached hydrogen (secondary N) is 1. The standard InChI is InChI=1S/C11H15F2NO2/c1-8(14-16-7-6-15-2)9-4-3-5-10(12)11(9)13/h3-5,8,14H,6-7H2,1-2H3. The smallest absolute Gasteiger partial charge is 0.163 e. The predicted octanol–water partition coefficient (Wildman–Crippen LogP) is 2.19. The molecule has 0 heterocycles. The summed E-state index contributed by atoms with van der Waals surface area (Å²) in [6.07, 6.45) is 0. The fourth-order valence-electron chi connectivity index (χ4n) is 1.23. The van der Waals surface area contributed by atoms with Gasteiger partial charge in [0.05, 0.1) is 19.3 Å². The zero-order chi connectivity index (χ0) is 12.0. The number of halogens is 2. The topological polar surface area (TPSA) is 30.5 Å². The minimum atomic E-state index is -0.858. The minimum absolute atomic E-state index is 0.234. The molecule has 90 valence electrons. The van der Waals surface area contributed by atoms with Crippen LogP contribution in [0.15, 0.2) is 18.2 Å². The quantitative estimate of drug-likeness (QED) is 0.601. The molecule has 0 aromatic heterocycles. The molecule has 16 heavy (non-hydrogen) atoms. The molecule has 0 saturated carbocycles. The first-order chi connectivity index (χ1) is 7.66. The number of hydrogen-bond acceptors (Lipinski definition) is 3. The van der Waals surface area contributed by atoms with E-state index < -0.39 is 17.7 Å².